The number of amides is 3. The van der Waals surface area contributed by atoms with Gasteiger partial charge in [-0.25, -0.2) is 14.0 Å². The van der Waals surface area contributed by atoms with Gasteiger partial charge in [0.25, 0.3) is 0 Å². The molecule has 1 aliphatic heterocycles. The Morgan fingerprint density at radius 2 is 1.52 bits per heavy atom. The molecule has 0 saturated carbocycles. The minimum atomic E-state index is -0.761. The van der Waals surface area contributed by atoms with Crippen LogP contribution in [0.2, 0.25) is 0 Å². The van der Waals surface area contributed by atoms with Gasteiger partial charge in [0, 0.05) is 23.8 Å². The van der Waals surface area contributed by atoms with Crippen LogP contribution in [0.5, 0.6) is 0 Å². The Labute approximate surface area is 279 Å². The van der Waals surface area contributed by atoms with E-state index in [1.807, 2.05) is 42.5 Å². The first-order chi connectivity index (χ1) is 23.4. The molecule has 1 saturated heterocycles. The van der Waals surface area contributed by atoms with Crippen LogP contribution in [0.3, 0.4) is 0 Å². The van der Waals surface area contributed by atoms with Gasteiger partial charge in [-0.1, -0.05) is 54.6 Å². The van der Waals surface area contributed by atoms with Crippen LogP contribution in [-0.2, 0) is 17.6 Å². The number of ether oxygens (including phenoxy) is 1. The van der Waals surface area contributed by atoms with E-state index in [1.54, 1.807) is 48.5 Å². The van der Waals surface area contributed by atoms with Crippen molar-refractivity contribution in [1.82, 2.24) is 10.6 Å². The van der Waals surface area contributed by atoms with E-state index in [9.17, 15) is 24.5 Å². The zero-order valence-corrected chi connectivity index (χ0v) is 26.4. The minimum absolute atomic E-state index is 0.0284. The van der Waals surface area contributed by atoms with E-state index >= 15 is 0 Å². The van der Waals surface area contributed by atoms with E-state index in [0.29, 0.717) is 41.3 Å². The van der Waals surface area contributed by atoms with E-state index in [1.165, 1.54) is 12.1 Å². The smallest absolute Gasteiger partial charge is 0.411 e. The number of benzene rings is 4. The van der Waals surface area contributed by atoms with E-state index in [4.69, 9.17) is 4.74 Å². The molecule has 48 heavy (non-hydrogen) atoms. The standard InChI is InChI=1S/C38H37FN6O3/c39-31-14-12-27(13-15-31)18-28-16-17-42-34(19-28)23-36(48-38(47)44-33-11-5-9-30(21-33)25-41)35(22-26-6-2-1-3-7-26)45-37(46)43-32-10-4-8-29(20-32)24-40/h1-15,20-21,28,34-36,42H,16-19,22-23H2,(H,44,47)(H2,43,45,46)/t28?,34?,35-,36-/m0/s1. The van der Waals surface area contributed by atoms with Crippen molar-refractivity contribution >= 4 is 23.5 Å². The van der Waals surface area contributed by atoms with E-state index < -0.39 is 24.3 Å². The normalized spacial score (nSPS) is 16.7. The lowest BCUT2D eigenvalue weighted by molar-refractivity contribution is 0.0688. The molecule has 2 unspecified atom stereocenters. The van der Waals surface area contributed by atoms with Crippen molar-refractivity contribution in [3.05, 3.63) is 131 Å². The fourth-order valence-corrected chi connectivity index (χ4v) is 6.09. The molecule has 4 aromatic rings. The van der Waals surface area contributed by atoms with Crippen LogP contribution in [0.1, 0.15) is 41.5 Å². The Hall–Kier alpha value is -5.71. The lowest BCUT2D eigenvalue weighted by Gasteiger charge is -2.35. The molecule has 244 valence electrons. The fourth-order valence-electron chi connectivity index (χ4n) is 6.09. The zero-order valence-electron chi connectivity index (χ0n) is 26.4. The molecule has 4 atom stereocenters. The predicted octanol–water partition coefficient (Wildman–Crippen LogP) is 6.92. The number of hydrogen-bond donors (Lipinski definition) is 4. The van der Waals surface area contributed by atoms with Crippen LogP contribution >= 0.6 is 0 Å². The second kappa shape index (κ2) is 16.7. The summed E-state index contributed by atoms with van der Waals surface area (Å²) in [6.45, 7) is 0.767. The van der Waals surface area contributed by atoms with Gasteiger partial charge in [0.2, 0.25) is 0 Å². The van der Waals surface area contributed by atoms with Gasteiger partial charge in [-0.05, 0) is 97.8 Å². The Bertz CT molecular complexity index is 1770. The van der Waals surface area contributed by atoms with E-state index in [2.05, 4.69) is 33.4 Å². The number of halogens is 1. The number of nitriles is 2. The van der Waals surface area contributed by atoms with Gasteiger partial charge in [0.15, 0.2) is 0 Å². The molecule has 1 heterocycles. The molecule has 4 N–H and O–H groups in total. The molecular formula is C38H37FN6O3. The molecule has 10 heteroatoms. The average Bonchev–Trinajstić information content (AvgIpc) is 3.09. The Kier molecular flexibility index (Phi) is 11.7. The van der Waals surface area contributed by atoms with E-state index in [0.717, 1.165) is 36.9 Å². The highest BCUT2D eigenvalue weighted by molar-refractivity contribution is 5.90. The number of urea groups is 1. The van der Waals surface area contributed by atoms with Crippen molar-refractivity contribution in [2.75, 3.05) is 17.2 Å². The summed E-state index contributed by atoms with van der Waals surface area (Å²) in [6.07, 6.45) is 1.86. The molecule has 9 nitrogen and oxygen atoms in total. The van der Waals surface area contributed by atoms with Crippen LogP contribution in [0.25, 0.3) is 0 Å². The SMILES string of the molecule is N#Cc1cccc(NC(=O)N[C@@H](Cc2ccccc2)[C@H](CC2CC(Cc3ccc(F)cc3)CCN2)OC(=O)Nc2cccc(C#N)c2)c1. The number of carbonyl (C=O) groups is 2. The second-order valence-corrected chi connectivity index (χ2v) is 12.0. The van der Waals surface area contributed by atoms with Crippen LogP contribution in [0, 0.1) is 34.4 Å². The highest BCUT2D eigenvalue weighted by atomic mass is 19.1. The maximum absolute atomic E-state index is 13.5. The summed E-state index contributed by atoms with van der Waals surface area (Å²) in [5.41, 5.74) is 3.67. The van der Waals surface area contributed by atoms with Crippen molar-refractivity contribution in [1.29, 1.82) is 10.5 Å². The van der Waals surface area contributed by atoms with Crippen LogP contribution in [0.4, 0.5) is 25.4 Å². The van der Waals surface area contributed by atoms with E-state index in [-0.39, 0.29) is 11.9 Å². The summed E-state index contributed by atoms with van der Waals surface area (Å²) >= 11 is 0. The molecule has 0 aliphatic carbocycles. The Morgan fingerprint density at radius 1 is 0.854 bits per heavy atom. The summed E-state index contributed by atoms with van der Waals surface area (Å²) in [4.78, 5) is 26.8. The first-order valence-electron chi connectivity index (χ1n) is 15.9. The van der Waals surface area contributed by atoms with Gasteiger partial charge in [-0.3, -0.25) is 5.32 Å². The van der Waals surface area contributed by atoms with Crippen molar-refractivity contribution in [3.63, 3.8) is 0 Å². The second-order valence-electron chi connectivity index (χ2n) is 12.0. The number of carbonyl (C=O) groups excluding carboxylic acids is 2. The Balaban J connectivity index is 1.37. The van der Waals surface area contributed by atoms with Crippen LogP contribution < -0.4 is 21.3 Å². The zero-order chi connectivity index (χ0) is 33.7. The maximum atomic E-state index is 13.5. The molecule has 3 amide bonds. The van der Waals surface area contributed by atoms with Crippen molar-refractivity contribution in [3.8, 4) is 12.1 Å². The summed E-state index contributed by atoms with van der Waals surface area (Å²) in [5.74, 6) is 0.0690. The third-order valence-corrected chi connectivity index (χ3v) is 8.37. The highest BCUT2D eigenvalue weighted by Gasteiger charge is 2.32. The molecular weight excluding hydrogens is 607 g/mol. The molecule has 1 fully saturated rings. The topological polar surface area (TPSA) is 139 Å². The van der Waals surface area contributed by atoms with Crippen molar-refractivity contribution in [2.45, 2.75) is 50.3 Å². The highest BCUT2D eigenvalue weighted by Crippen LogP contribution is 2.26. The lowest BCUT2D eigenvalue weighted by atomic mass is 9.84. The molecule has 0 bridgehead atoms. The van der Waals surface area contributed by atoms with Crippen molar-refractivity contribution in [2.24, 2.45) is 5.92 Å². The fraction of sp³-hybridized carbons (Fsp3) is 0.263. The van der Waals surface area contributed by atoms with Gasteiger partial charge in [0.05, 0.1) is 29.3 Å². The van der Waals surface area contributed by atoms with Gasteiger partial charge in [-0.2, -0.15) is 10.5 Å². The van der Waals surface area contributed by atoms with Gasteiger partial charge >= 0.3 is 12.1 Å². The first-order valence-corrected chi connectivity index (χ1v) is 15.9. The third-order valence-electron chi connectivity index (χ3n) is 8.37. The third kappa shape index (κ3) is 10.1. The van der Waals surface area contributed by atoms with Gasteiger partial charge < -0.3 is 20.7 Å². The Morgan fingerprint density at radius 3 is 2.19 bits per heavy atom. The largest absolute Gasteiger partial charge is 0.444 e. The molecule has 5 rings (SSSR count). The number of anilines is 2. The summed E-state index contributed by atoms with van der Waals surface area (Å²) in [6, 6.07) is 32.3. The number of nitrogens with zero attached hydrogens (tertiary/aromatic N) is 2. The maximum Gasteiger partial charge on any atom is 0.411 e. The summed E-state index contributed by atoms with van der Waals surface area (Å²) in [7, 11) is 0. The number of rotatable bonds is 11. The molecule has 1 aliphatic rings. The average molecular weight is 645 g/mol. The van der Waals surface area contributed by atoms with Crippen LogP contribution in [0.15, 0.2) is 103 Å². The summed E-state index contributed by atoms with van der Waals surface area (Å²) in [5, 5.41) is 30.7. The number of nitrogens with one attached hydrogen (secondary N) is 4. The quantitative estimate of drug-likeness (QED) is 0.140. The first kappa shape index (κ1) is 33.6. The number of piperidine rings is 1. The predicted molar refractivity (Wildman–Crippen MR) is 182 cm³/mol. The molecule has 0 aromatic heterocycles. The monoisotopic (exact) mass is 644 g/mol. The summed E-state index contributed by atoms with van der Waals surface area (Å²) < 4.78 is 19.6. The van der Waals surface area contributed by atoms with Crippen molar-refractivity contribution < 1.29 is 18.7 Å². The lowest BCUT2D eigenvalue weighted by Crippen LogP contribution is -2.51. The molecule has 4 aromatic carbocycles. The van der Waals surface area contributed by atoms with Gasteiger partial charge in [0.1, 0.15) is 11.9 Å². The minimum Gasteiger partial charge on any atom is -0.444 e. The van der Waals surface area contributed by atoms with Crippen LogP contribution in [-0.4, -0.2) is 36.9 Å². The molecule has 0 radical (unpaired) electrons. The number of hydrogen-bond acceptors (Lipinski definition) is 6. The van der Waals surface area contributed by atoms with Gasteiger partial charge in [-0.15, -0.1) is 0 Å². The molecule has 0 spiro atoms.